The number of aromatic nitrogens is 1. The highest BCUT2D eigenvalue weighted by Crippen LogP contribution is 2.23. The maximum absolute atomic E-state index is 10.9. The quantitative estimate of drug-likeness (QED) is 0.808. The van der Waals surface area contributed by atoms with Crippen LogP contribution in [0, 0.1) is 6.92 Å². The summed E-state index contributed by atoms with van der Waals surface area (Å²) in [7, 11) is 1.81. The summed E-state index contributed by atoms with van der Waals surface area (Å²) < 4.78 is 0. The number of pyridine rings is 1. The molecule has 0 bridgehead atoms. The maximum atomic E-state index is 10.9. The molecule has 2 aromatic rings. The van der Waals surface area contributed by atoms with Crippen LogP contribution < -0.4 is 5.32 Å². The zero-order valence-corrected chi connectivity index (χ0v) is 9.11. The number of nitrogens with one attached hydrogen (secondary N) is 1. The number of carboxylic acid groups (broad SMARTS) is 1. The SMILES string of the molecule is CNc1cc(C)nc2ccc(C(=O)O)cc12. The molecule has 0 aliphatic rings. The Balaban J connectivity index is 2.75. The summed E-state index contributed by atoms with van der Waals surface area (Å²) in [5.41, 5.74) is 2.87. The van der Waals surface area contributed by atoms with Gasteiger partial charge in [0.2, 0.25) is 0 Å². The topological polar surface area (TPSA) is 62.2 Å². The third-order valence-corrected chi connectivity index (χ3v) is 2.45. The molecule has 2 rings (SSSR count). The van der Waals surface area contributed by atoms with E-state index in [0.717, 1.165) is 22.3 Å². The number of nitrogens with zero attached hydrogens (tertiary/aromatic N) is 1. The standard InChI is InChI=1S/C12H12N2O2/c1-7-5-11(13-2)9-6-8(12(15)16)3-4-10(9)14-7/h3-6H,1-2H3,(H,13,14)(H,15,16). The van der Waals surface area contributed by atoms with Gasteiger partial charge in [-0.15, -0.1) is 0 Å². The lowest BCUT2D eigenvalue weighted by Gasteiger charge is -2.07. The monoisotopic (exact) mass is 216 g/mol. The van der Waals surface area contributed by atoms with Crippen molar-refractivity contribution in [3.05, 3.63) is 35.5 Å². The molecular formula is C12H12N2O2. The van der Waals surface area contributed by atoms with Gasteiger partial charge in [0, 0.05) is 23.8 Å². The van der Waals surface area contributed by atoms with Gasteiger partial charge in [-0.05, 0) is 31.2 Å². The molecule has 0 saturated heterocycles. The van der Waals surface area contributed by atoms with Crippen LogP contribution in [0.3, 0.4) is 0 Å². The van der Waals surface area contributed by atoms with Crippen LogP contribution in [0.15, 0.2) is 24.3 Å². The van der Waals surface area contributed by atoms with Crippen molar-refractivity contribution >= 4 is 22.6 Å². The summed E-state index contributed by atoms with van der Waals surface area (Å²) >= 11 is 0. The molecule has 82 valence electrons. The van der Waals surface area contributed by atoms with Gasteiger partial charge in [0.15, 0.2) is 0 Å². The van der Waals surface area contributed by atoms with Crippen LogP contribution in [-0.2, 0) is 0 Å². The Bertz CT molecular complexity index is 564. The highest BCUT2D eigenvalue weighted by atomic mass is 16.4. The summed E-state index contributed by atoms with van der Waals surface area (Å²) in [5.74, 6) is -0.926. The second-order valence-corrected chi connectivity index (χ2v) is 3.60. The molecule has 1 aromatic carbocycles. The highest BCUT2D eigenvalue weighted by molar-refractivity contribution is 5.98. The fourth-order valence-corrected chi connectivity index (χ4v) is 1.70. The molecule has 4 heteroatoms. The van der Waals surface area contributed by atoms with Crippen LogP contribution in [0.25, 0.3) is 10.9 Å². The van der Waals surface area contributed by atoms with Gasteiger partial charge < -0.3 is 10.4 Å². The summed E-state index contributed by atoms with van der Waals surface area (Å²) in [4.78, 5) is 15.2. The summed E-state index contributed by atoms with van der Waals surface area (Å²) in [5, 5.41) is 12.8. The van der Waals surface area contributed by atoms with Gasteiger partial charge in [0.1, 0.15) is 0 Å². The first-order valence-electron chi connectivity index (χ1n) is 4.94. The number of rotatable bonds is 2. The summed E-state index contributed by atoms with van der Waals surface area (Å²) in [6.45, 7) is 1.91. The van der Waals surface area contributed by atoms with Crippen LogP contribution in [0.5, 0.6) is 0 Å². The van der Waals surface area contributed by atoms with Gasteiger partial charge in [-0.25, -0.2) is 4.79 Å². The molecule has 0 fully saturated rings. The zero-order chi connectivity index (χ0) is 11.7. The van der Waals surface area contributed by atoms with Crippen molar-refractivity contribution in [2.24, 2.45) is 0 Å². The van der Waals surface area contributed by atoms with E-state index in [9.17, 15) is 4.79 Å². The second kappa shape index (κ2) is 3.81. The molecule has 0 amide bonds. The molecule has 1 heterocycles. The third kappa shape index (κ3) is 1.69. The first-order valence-corrected chi connectivity index (χ1v) is 4.94. The van der Waals surface area contributed by atoms with Gasteiger partial charge in [-0.3, -0.25) is 4.98 Å². The fraction of sp³-hybridized carbons (Fsp3) is 0.167. The molecular weight excluding hydrogens is 204 g/mol. The Morgan fingerprint density at radius 1 is 1.38 bits per heavy atom. The lowest BCUT2D eigenvalue weighted by molar-refractivity contribution is 0.0697. The van der Waals surface area contributed by atoms with E-state index in [1.807, 2.05) is 20.0 Å². The Labute approximate surface area is 92.9 Å². The van der Waals surface area contributed by atoms with E-state index in [-0.39, 0.29) is 5.56 Å². The van der Waals surface area contributed by atoms with Gasteiger partial charge in [-0.2, -0.15) is 0 Å². The molecule has 0 unspecified atom stereocenters. The molecule has 0 spiro atoms. The molecule has 0 atom stereocenters. The molecule has 4 nitrogen and oxygen atoms in total. The van der Waals surface area contributed by atoms with Crippen molar-refractivity contribution in [1.29, 1.82) is 0 Å². The van der Waals surface area contributed by atoms with E-state index in [2.05, 4.69) is 10.3 Å². The number of aryl methyl sites for hydroxylation is 1. The van der Waals surface area contributed by atoms with Crippen molar-refractivity contribution in [2.75, 3.05) is 12.4 Å². The predicted molar refractivity (Wildman–Crippen MR) is 63.0 cm³/mol. The number of carbonyl (C=O) groups is 1. The number of anilines is 1. The van der Waals surface area contributed by atoms with Gasteiger partial charge in [-0.1, -0.05) is 0 Å². The minimum absolute atomic E-state index is 0.273. The molecule has 16 heavy (non-hydrogen) atoms. The average Bonchev–Trinajstić information content (AvgIpc) is 2.27. The summed E-state index contributed by atoms with van der Waals surface area (Å²) in [6.07, 6.45) is 0. The molecule has 0 aliphatic heterocycles. The van der Waals surface area contributed by atoms with E-state index in [1.54, 1.807) is 18.2 Å². The maximum Gasteiger partial charge on any atom is 0.335 e. The van der Waals surface area contributed by atoms with Crippen molar-refractivity contribution in [1.82, 2.24) is 4.98 Å². The van der Waals surface area contributed by atoms with Crippen LogP contribution in [0.1, 0.15) is 16.1 Å². The van der Waals surface area contributed by atoms with Gasteiger partial charge in [0.25, 0.3) is 0 Å². The zero-order valence-electron chi connectivity index (χ0n) is 9.11. The van der Waals surface area contributed by atoms with Crippen molar-refractivity contribution in [3.8, 4) is 0 Å². The Morgan fingerprint density at radius 2 is 2.12 bits per heavy atom. The number of fused-ring (bicyclic) bond motifs is 1. The molecule has 0 radical (unpaired) electrons. The second-order valence-electron chi connectivity index (χ2n) is 3.60. The largest absolute Gasteiger partial charge is 0.478 e. The minimum Gasteiger partial charge on any atom is -0.478 e. The van der Waals surface area contributed by atoms with E-state index in [1.165, 1.54) is 0 Å². The number of aromatic carboxylic acids is 1. The molecule has 2 N–H and O–H groups in total. The number of benzene rings is 1. The lowest BCUT2D eigenvalue weighted by Crippen LogP contribution is -1.98. The Kier molecular flexibility index (Phi) is 2.48. The normalized spacial score (nSPS) is 10.4. The molecule has 0 saturated carbocycles. The summed E-state index contributed by atoms with van der Waals surface area (Å²) in [6, 6.07) is 6.83. The smallest absolute Gasteiger partial charge is 0.335 e. The Morgan fingerprint density at radius 3 is 2.75 bits per heavy atom. The van der Waals surface area contributed by atoms with Crippen molar-refractivity contribution in [2.45, 2.75) is 6.92 Å². The van der Waals surface area contributed by atoms with Crippen LogP contribution >= 0.6 is 0 Å². The predicted octanol–water partition coefficient (Wildman–Crippen LogP) is 2.28. The van der Waals surface area contributed by atoms with E-state index in [0.29, 0.717) is 0 Å². The van der Waals surface area contributed by atoms with E-state index < -0.39 is 5.97 Å². The van der Waals surface area contributed by atoms with Gasteiger partial charge >= 0.3 is 5.97 Å². The first kappa shape index (κ1) is 10.4. The third-order valence-electron chi connectivity index (χ3n) is 2.45. The Hall–Kier alpha value is -2.10. The number of hydrogen-bond donors (Lipinski definition) is 2. The van der Waals surface area contributed by atoms with Gasteiger partial charge in [0.05, 0.1) is 11.1 Å². The van der Waals surface area contributed by atoms with E-state index >= 15 is 0 Å². The van der Waals surface area contributed by atoms with E-state index in [4.69, 9.17) is 5.11 Å². The highest BCUT2D eigenvalue weighted by Gasteiger charge is 2.07. The number of hydrogen-bond acceptors (Lipinski definition) is 3. The van der Waals surface area contributed by atoms with Crippen LogP contribution in [-0.4, -0.2) is 23.1 Å². The average molecular weight is 216 g/mol. The molecule has 1 aromatic heterocycles. The van der Waals surface area contributed by atoms with Crippen molar-refractivity contribution in [3.63, 3.8) is 0 Å². The fourth-order valence-electron chi connectivity index (χ4n) is 1.70. The lowest BCUT2D eigenvalue weighted by atomic mass is 10.1. The van der Waals surface area contributed by atoms with Crippen molar-refractivity contribution < 1.29 is 9.90 Å². The van der Waals surface area contributed by atoms with Crippen LogP contribution in [0.4, 0.5) is 5.69 Å². The molecule has 0 aliphatic carbocycles. The first-order chi connectivity index (χ1) is 7.61. The minimum atomic E-state index is -0.926. The number of carboxylic acids is 1. The van der Waals surface area contributed by atoms with Crippen LogP contribution in [0.2, 0.25) is 0 Å².